The zero-order chi connectivity index (χ0) is 10.7. The fourth-order valence-corrected chi connectivity index (χ4v) is 2.91. The Morgan fingerprint density at radius 3 is 2.93 bits per heavy atom. The van der Waals surface area contributed by atoms with Gasteiger partial charge < -0.3 is 5.32 Å². The highest BCUT2D eigenvalue weighted by molar-refractivity contribution is 7.15. The Hall–Kier alpha value is -0.850. The molecule has 2 heterocycles. The smallest absolute Gasteiger partial charge is 0.167 e. The Balaban J connectivity index is 2.24. The molecule has 0 fully saturated rings. The van der Waals surface area contributed by atoms with Gasteiger partial charge in [-0.05, 0) is 13.5 Å². The van der Waals surface area contributed by atoms with E-state index in [0.717, 1.165) is 22.1 Å². The molecule has 2 aromatic rings. The van der Waals surface area contributed by atoms with E-state index < -0.39 is 0 Å². The third-order valence-corrected chi connectivity index (χ3v) is 3.79. The molecule has 0 aliphatic carbocycles. The minimum absolute atomic E-state index is 0.301. The van der Waals surface area contributed by atoms with Crippen LogP contribution >= 0.6 is 22.7 Å². The van der Waals surface area contributed by atoms with Crippen LogP contribution < -0.4 is 5.32 Å². The standard InChI is InChI=1S/C9H12N4S2/c1-3-6(10-2)8-12-13-9(15-8)7-4-14-5-11-7/h4-6,10H,3H2,1-2H3. The van der Waals surface area contributed by atoms with Gasteiger partial charge >= 0.3 is 0 Å². The molecular weight excluding hydrogens is 228 g/mol. The summed E-state index contributed by atoms with van der Waals surface area (Å²) in [5, 5.41) is 15.5. The minimum Gasteiger partial charge on any atom is -0.311 e. The lowest BCUT2D eigenvalue weighted by molar-refractivity contribution is 0.568. The molecule has 0 spiro atoms. The molecule has 0 saturated carbocycles. The zero-order valence-electron chi connectivity index (χ0n) is 8.60. The van der Waals surface area contributed by atoms with Crippen molar-refractivity contribution in [2.45, 2.75) is 19.4 Å². The molecule has 15 heavy (non-hydrogen) atoms. The summed E-state index contributed by atoms with van der Waals surface area (Å²) in [4.78, 5) is 4.22. The van der Waals surface area contributed by atoms with Crippen molar-refractivity contribution < 1.29 is 0 Å². The molecular formula is C9H12N4S2. The number of nitrogens with one attached hydrogen (secondary N) is 1. The lowest BCUT2D eigenvalue weighted by Gasteiger charge is -2.07. The van der Waals surface area contributed by atoms with Crippen LogP contribution in [0, 0.1) is 0 Å². The second-order valence-electron chi connectivity index (χ2n) is 3.07. The van der Waals surface area contributed by atoms with E-state index in [1.165, 1.54) is 0 Å². The normalized spacial score (nSPS) is 12.9. The number of hydrogen-bond donors (Lipinski definition) is 1. The first kappa shape index (κ1) is 10.7. The van der Waals surface area contributed by atoms with E-state index in [4.69, 9.17) is 0 Å². The summed E-state index contributed by atoms with van der Waals surface area (Å²) in [5.74, 6) is 0. The number of thiazole rings is 1. The maximum Gasteiger partial charge on any atom is 0.167 e. The van der Waals surface area contributed by atoms with Crippen molar-refractivity contribution in [2.24, 2.45) is 0 Å². The van der Waals surface area contributed by atoms with Crippen molar-refractivity contribution in [2.75, 3.05) is 7.05 Å². The predicted molar refractivity (Wildman–Crippen MR) is 63.1 cm³/mol. The highest BCUT2D eigenvalue weighted by atomic mass is 32.1. The molecule has 80 valence electrons. The quantitative estimate of drug-likeness (QED) is 0.891. The molecule has 1 N–H and O–H groups in total. The van der Waals surface area contributed by atoms with Crippen LogP contribution in [0.25, 0.3) is 10.7 Å². The van der Waals surface area contributed by atoms with E-state index in [9.17, 15) is 0 Å². The maximum absolute atomic E-state index is 4.22. The minimum atomic E-state index is 0.301. The Morgan fingerprint density at radius 1 is 1.47 bits per heavy atom. The molecule has 4 nitrogen and oxygen atoms in total. The van der Waals surface area contributed by atoms with Gasteiger partial charge in [0.05, 0.1) is 11.6 Å². The first-order valence-corrected chi connectivity index (χ1v) is 6.50. The molecule has 6 heteroatoms. The van der Waals surface area contributed by atoms with Gasteiger partial charge in [0.2, 0.25) is 0 Å². The fourth-order valence-electron chi connectivity index (χ4n) is 1.30. The number of hydrogen-bond acceptors (Lipinski definition) is 6. The van der Waals surface area contributed by atoms with Gasteiger partial charge in [-0.15, -0.1) is 21.5 Å². The third-order valence-electron chi connectivity index (χ3n) is 2.15. The van der Waals surface area contributed by atoms with E-state index in [1.807, 2.05) is 17.9 Å². The van der Waals surface area contributed by atoms with Crippen LogP contribution in [0.4, 0.5) is 0 Å². The summed E-state index contributed by atoms with van der Waals surface area (Å²) in [5.41, 5.74) is 2.74. The van der Waals surface area contributed by atoms with Crippen LogP contribution in [0.1, 0.15) is 24.4 Å². The Kier molecular flexibility index (Phi) is 3.40. The Morgan fingerprint density at radius 2 is 2.33 bits per heavy atom. The SMILES string of the molecule is CCC(NC)c1nnc(-c2cscn2)s1. The van der Waals surface area contributed by atoms with Gasteiger partial charge in [0, 0.05) is 5.38 Å². The summed E-state index contributed by atoms with van der Waals surface area (Å²) < 4.78 is 0. The van der Waals surface area contributed by atoms with E-state index in [1.54, 1.807) is 22.7 Å². The maximum atomic E-state index is 4.22. The van der Waals surface area contributed by atoms with E-state index in [2.05, 4.69) is 27.4 Å². The lowest BCUT2D eigenvalue weighted by atomic mass is 10.2. The van der Waals surface area contributed by atoms with Gasteiger partial charge in [0.1, 0.15) is 10.7 Å². The van der Waals surface area contributed by atoms with E-state index in [-0.39, 0.29) is 0 Å². The molecule has 2 aromatic heterocycles. The van der Waals surface area contributed by atoms with Crippen molar-refractivity contribution in [3.8, 4) is 10.7 Å². The molecule has 0 bridgehead atoms. The molecule has 1 atom stereocenters. The molecule has 0 radical (unpaired) electrons. The largest absolute Gasteiger partial charge is 0.311 e. The number of rotatable bonds is 4. The second-order valence-corrected chi connectivity index (χ2v) is 4.80. The van der Waals surface area contributed by atoms with Gasteiger partial charge in [-0.1, -0.05) is 18.3 Å². The first-order valence-electron chi connectivity index (χ1n) is 4.74. The molecule has 0 aliphatic heterocycles. The van der Waals surface area contributed by atoms with Crippen molar-refractivity contribution in [3.63, 3.8) is 0 Å². The highest BCUT2D eigenvalue weighted by Crippen LogP contribution is 2.27. The number of aromatic nitrogens is 3. The molecule has 0 aliphatic rings. The van der Waals surface area contributed by atoms with Gasteiger partial charge in [-0.25, -0.2) is 4.98 Å². The average molecular weight is 240 g/mol. The zero-order valence-corrected chi connectivity index (χ0v) is 10.2. The van der Waals surface area contributed by atoms with Crippen LogP contribution in [-0.2, 0) is 0 Å². The van der Waals surface area contributed by atoms with E-state index in [0.29, 0.717) is 6.04 Å². The Labute approximate surface area is 96.4 Å². The van der Waals surface area contributed by atoms with E-state index >= 15 is 0 Å². The summed E-state index contributed by atoms with van der Waals surface area (Å²) in [6.07, 6.45) is 1.02. The number of nitrogens with zero attached hydrogens (tertiary/aromatic N) is 3. The highest BCUT2D eigenvalue weighted by Gasteiger charge is 2.14. The van der Waals surface area contributed by atoms with Gasteiger partial charge in [0.25, 0.3) is 0 Å². The fraction of sp³-hybridized carbons (Fsp3) is 0.444. The molecule has 1 unspecified atom stereocenters. The van der Waals surface area contributed by atoms with Crippen LogP contribution in [0.3, 0.4) is 0 Å². The average Bonchev–Trinajstić information content (AvgIpc) is 2.89. The molecule has 0 aromatic carbocycles. The van der Waals surface area contributed by atoms with Gasteiger partial charge in [-0.2, -0.15) is 0 Å². The molecule has 2 rings (SSSR count). The van der Waals surface area contributed by atoms with Crippen molar-refractivity contribution in [1.82, 2.24) is 20.5 Å². The van der Waals surface area contributed by atoms with Crippen LogP contribution in [-0.4, -0.2) is 22.2 Å². The summed E-state index contributed by atoms with van der Waals surface area (Å²) >= 11 is 3.18. The molecule has 0 amide bonds. The van der Waals surface area contributed by atoms with Crippen molar-refractivity contribution in [1.29, 1.82) is 0 Å². The summed E-state index contributed by atoms with van der Waals surface area (Å²) in [6, 6.07) is 0.301. The van der Waals surface area contributed by atoms with Crippen molar-refractivity contribution in [3.05, 3.63) is 15.9 Å². The van der Waals surface area contributed by atoms with Crippen LogP contribution in [0.2, 0.25) is 0 Å². The summed E-state index contributed by atoms with van der Waals surface area (Å²) in [6.45, 7) is 2.13. The lowest BCUT2D eigenvalue weighted by Crippen LogP contribution is -2.14. The van der Waals surface area contributed by atoms with Gasteiger partial charge in [0.15, 0.2) is 5.01 Å². The predicted octanol–water partition coefficient (Wildman–Crippen LogP) is 2.33. The second kappa shape index (κ2) is 4.78. The third kappa shape index (κ3) is 2.22. The topological polar surface area (TPSA) is 50.7 Å². The monoisotopic (exact) mass is 240 g/mol. The molecule has 0 saturated heterocycles. The Bertz CT molecular complexity index is 405. The first-order chi connectivity index (χ1) is 7.35. The van der Waals surface area contributed by atoms with Crippen molar-refractivity contribution >= 4 is 22.7 Å². The van der Waals surface area contributed by atoms with Gasteiger partial charge in [-0.3, -0.25) is 0 Å². The summed E-state index contributed by atoms with van der Waals surface area (Å²) in [7, 11) is 1.94. The van der Waals surface area contributed by atoms with Crippen LogP contribution in [0.15, 0.2) is 10.9 Å². The van der Waals surface area contributed by atoms with Crippen LogP contribution in [0.5, 0.6) is 0 Å².